The average Bonchev–Trinajstić information content (AvgIpc) is 0.851. The zero-order chi connectivity index (χ0) is 90.0. The van der Waals surface area contributed by atoms with E-state index in [0.717, 1.165) is 120 Å². The first-order valence-electron chi connectivity index (χ1n) is 55.1. The number of esters is 5. The molecule has 0 rings (SSSR count). The molecule has 0 amide bonds. The van der Waals surface area contributed by atoms with Gasteiger partial charge < -0.3 is 23.7 Å². The number of carbonyl (C=O) groups is 5. The van der Waals surface area contributed by atoms with Gasteiger partial charge in [-0.2, -0.15) is 0 Å². The van der Waals surface area contributed by atoms with Crippen molar-refractivity contribution >= 4 is 29.8 Å². The Labute approximate surface area is 768 Å². The van der Waals surface area contributed by atoms with Crippen LogP contribution in [0.4, 0.5) is 0 Å². The Hall–Kier alpha value is -3.17. The van der Waals surface area contributed by atoms with Crippen LogP contribution in [0.15, 0.2) is 24.3 Å². The van der Waals surface area contributed by atoms with Gasteiger partial charge in [0.1, 0.15) is 31.8 Å². The average molecular weight is 1730 g/mol. The summed E-state index contributed by atoms with van der Waals surface area (Å²) >= 11 is 0. The summed E-state index contributed by atoms with van der Waals surface area (Å²) in [5.74, 6) is 1.96. The fourth-order valence-electron chi connectivity index (χ4n) is 16.8. The molecule has 0 aromatic carbocycles. The minimum atomic E-state index is -1.21. The van der Waals surface area contributed by atoms with Gasteiger partial charge in [0, 0.05) is 32.1 Å². The molecule has 123 heavy (non-hydrogen) atoms. The Morgan fingerprint density at radius 2 is 0.333 bits per heavy atom. The predicted molar refractivity (Wildman–Crippen MR) is 534 cm³/mol. The molecular formula is C113H216O10. The largest absolute Gasteiger partial charge is 0.466 e. The lowest BCUT2D eigenvalue weighted by Gasteiger charge is -2.31. The molecule has 0 atom stereocenters. The van der Waals surface area contributed by atoms with E-state index in [9.17, 15) is 24.0 Å². The van der Waals surface area contributed by atoms with Crippen molar-refractivity contribution in [2.45, 2.75) is 609 Å². The Morgan fingerprint density at radius 1 is 0.187 bits per heavy atom. The number of hydrogen-bond donors (Lipinski definition) is 0. The van der Waals surface area contributed by atoms with Crippen LogP contribution in [0.2, 0.25) is 0 Å². The van der Waals surface area contributed by atoms with Gasteiger partial charge >= 0.3 is 29.8 Å². The molecule has 10 heteroatoms. The maximum absolute atomic E-state index is 13.4. The highest BCUT2D eigenvalue weighted by Gasteiger charge is 2.38. The van der Waals surface area contributed by atoms with Crippen LogP contribution in [0.3, 0.4) is 0 Å². The van der Waals surface area contributed by atoms with Crippen LogP contribution >= 0.6 is 0 Å². The fraction of sp³-hybridized carbons (Fsp3) is 0.920. The zero-order valence-corrected chi connectivity index (χ0v) is 84.6. The summed E-state index contributed by atoms with van der Waals surface area (Å²) in [6.07, 6.45) is 110. The number of unbranched alkanes of at least 4 members (excludes halogenated alkanes) is 67. The molecule has 0 fully saturated rings. The van der Waals surface area contributed by atoms with Crippen molar-refractivity contribution in [1.82, 2.24) is 0 Å². The number of hydrogen-bond acceptors (Lipinski definition) is 10. The summed E-state index contributed by atoms with van der Waals surface area (Å²) in [5.41, 5.74) is -1.21. The molecule has 0 N–H and O–H groups in total. The third-order valence-electron chi connectivity index (χ3n) is 25.4. The van der Waals surface area contributed by atoms with E-state index in [0.29, 0.717) is 38.7 Å². The van der Waals surface area contributed by atoms with Gasteiger partial charge in [-0.15, -0.1) is 0 Å². The lowest BCUT2D eigenvalue weighted by molar-refractivity contribution is -0.171. The zero-order valence-electron chi connectivity index (χ0n) is 84.6. The third kappa shape index (κ3) is 104. The second kappa shape index (κ2) is 101. The molecule has 0 bridgehead atoms. The second-order valence-corrected chi connectivity index (χ2v) is 40.3. The summed E-state index contributed by atoms with van der Waals surface area (Å²) in [5, 5.41) is 0. The van der Waals surface area contributed by atoms with E-state index in [1.165, 1.54) is 411 Å². The summed E-state index contributed by atoms with van der Waals surface area (Å²) < 4.78 is 29.3. The maximum atomic E-state index is 13.4. The summed E-state index contributed by atoms with van der Waals surface area (Å²) in [4.78, 5) is 65.5. The lowest BCUT2D eigenvalue weighted by Crippen LogP contribution is -2.44. The maximum Gasteiger partial charge on any atom is 0.305 e. The van der Waals surface area contributed by atoms with Crippen LogP contribution < -0.4 is 0 Å². The van der Waals surface area contributed by atoms with Gasteiger partial charge in [-0.25, -0.2) is 0 Å². The van der Waals surface area contributed by atoms with E-state index in [-0.39, 0.29) is 56.3 Å². The van der Waals surface area contributed by atoms with Crippen LogP contribution in [-0.2, 0) is 47.7 Å². The number of rotatable bonds is 99. The van der Waals surface area contributed by atoms with Gasteiger partial charge in [-0.05, 0) is 114 Å². The van der Waals surface area contributed by atoms with E-state index in [4.69, 9.17) is 23.7 Å². The molecule has 728 valence electrons. The minimum Gasteiger partial charge on any atom is -0.466 e. The van der Waals surface area contributed by atoms with Crippen molar-refractivity contribution in [3.05, 3.63) is 24.3 Å². The fourth-order valence-corrected chi connectivity index (χ4v) is 16.8. The van der Waals surface area contributed by atoms with Crippen molar-refractivity contribution < 1.29 is 47.7 Å². The standard InChI is InChI=1S/C77H148O8.C36H68O2/c1-69(2)57-49-41-33-25-17-9-13-21-29-37-45-53-61-73(78)82-65-77(66-83-74(79)62-54-46-38-30-22-14-10-18-26-34-42-50-58-70(3)4,67-84-75(80)63-55-47-39-31-23-15-11-19-27-35-43-51-59-71(5)6)68-85-76(81)64-56-48-40-32-24-16-12-20-28-36-44-52-60-72(7)8;1-3-5-7-9-11-13-15-17-19-21-23-25-27-29-31-33-35-38-36(37)34-32-30-28-26-24-22-20-18-16-14-12-10-8-6-4-2/h69-72H,9-68H2,1-8H3;17-20H,3-16,21-35H2,1-2H3/b;19-17-,20-18-. The van der Waals surface area contributed by atoms with Crippen LogP contribution in [0, 0.1) is 29.1 Å². The quantitative estimate of drug-likeness (QED) is 0.0251. The van der Waals surface area contributed by atoms with E-state index < -0.39 is 5.41 Å². The number of allylic oxidation sites excluding steroid dienone is 4. The van der Waals surface area contributed by atoms with Crippen LogP contribution in [0.25, 0.3) is 0 Å². The van der Waals surface area contributed by atoms with Gasteiger partial charge in [0.05, 0.1) is 6.61 Å². The first-order valence-corrected chi connectivity index (χ1v) is 55.1. The van der Waals surface area contributed by atoms with Gasteiger partial charge in [0.15, 0.2) is 0 Å². The van der Waals surface area contributed by atoms with Gasteiger partial charge in [-0.1, -0.05) is 511 Å². The lowest BCUT2D eigenvalue weighted by atomic mass is 9.92. The summed E-state index contributed by atoms with van der Waals surface area (Å²) in [6.45, 7) is 23.0. The second-order valence-electron chi connectivity index (χ2n) is 40.3. The molecular weight excluding hydrogens is 1520 g/mol. The van der Waals surface area contributed by atoms with E-state index in [1.54, 1.807) is 0 Å². The predicted octanol–water partition coefficient (Wildman–Crippen LogP) is 37.2. The topological polar surface area (TPSA) is 132 Å². The SMILES string of the molecule is CC(C)CCCCCCCCCCCCCCC(=O)OCC(COC(=O)CCCCCCCCCCCCCCC(C)C)(COC(=O)CCCCCCCCCCCCCCC(C)C)COC(=O)CCCCCCCCCCCCCCC(C)C.CCCCCCCC/C=C\CCCCCCCCOC(=O)CCCCCCC/C=C\CCCCCCCC. The Morgan fingerprint density at radius 3 is 0.512 bits per heavy atom. The first-order chi connectivity index (χ1) is 60.0. The van der Waals surface area contributed by atoms with Gasteiger partial charge in [0.2, 0.25) is 0 Å². The molecule has 0 unspecified atom stereocenters. The van der Waals surface area contributed by atoms with Crippen LogP contribution in [-0.4, -0.2) is 62.9 Å². The molecule has 0 aliphatic carbocycles. The Kier molecular flexibility index (Phi) is 100. The summed E-state index contributed by atoms with van der Waals surface area (Å²) in [7, 11) is 0. The first kappa shape index (κ1) is 122. The smallest absolute Gasteiger partial charge is 0.305 e. The van der Waals surface area contributed by atoms with Crippen molar-refractivity contribution in [2.24, 2.45) is 29.1 Å². The Bertz CT molecular complexity index is 2000. The van der Waals surface area contributed by atoms with Gasteiger partial charge in [0.25, 0.3) is 0 Å². The van der Waals surface area contributed by atoms with Crippen LogP contribution in [0.5, 0.6) is 0 Å². The number of ether oxygens (including phenoxy) is 5. The highest BCUT2D eigenvalue weighted by Crippen LogP contribution is 2.27. The normalized spacial score (nSPS) is 11.9. The summed E-state index contributed by atoms with van der Waals surface area (Å²) in [6, 6.07) is 0. The van der Waals surface area contributed by atoms with Crippen molar-refractivity contribution in [1.29, 1.82) is 0 Å². The van der Waals surface area contributed by atoms with Crippen LogP contribution in [0.1, 0.15) is 609 Å². The monoisotopic (exact) mass is 1730 g/mol. The molecule has 0 aromatic rings. The molecule has 0 aliphatic rings. The molecule has 0 radical (unpaired) electrons. The molecule has 10 nitrogen and oxygen atoms in total. The number of carbonyl (C=O) groups excluding carboxylic acids is 5. The molecule has 0 aliphatic heterocycles. The molecule has 0 aromatic heterocycles. The van der Waals surface area contributed by atoms with E-state index in [1.807, 2.05) is 0 Å². The molecule has 0 heterocycles. The highest BCUT2D eigenvalue weighted by atomic mass is 16.6. The van der Waals surface area contributed by atoms with Crippen molar-refractivity contribution in [2.75, 3.05) is 33.0 Å². The van der Waals surface area contributed by atoms with E-state index in [2.05, 4.69) is 93.5 Å². The Balaban J connectivity index is 0. The third-order valence-corrected chi connectivity index (χ3v) is 25.4. The molecule has 0 spiro atoms. The highest BCUT2D eigenvalue weighted by molar-refractivity contribution is 5.71. The van der Waals surface area contributed by atoms with Crippen molar-refractivity contribution in [3.8, 4) is 0 Å². The van der Waals surface area contributed by atoms with Crippen molar-refractivity contribution in [3.63, 3.8) is 0 Å². The molecule has 0 saturated carbocycles. The van der Waals surface area contributed by atoms with E-state index >= 15 is 0 Å². The van der Waals surface area contributed by atoms with Gasteiger partial charge in [-0.3, -0.25) is 24.0 Å². The minimum absolute atomic E-state index is 0.00961. The molecule has 0 saturated heterocycles.